The Hall–Kier alpha value is -1.45. The summed E-state index contributed by atoms with van der Waals surface area (Å²) in [5.74, 6) is 0. The average molecular weight is 287 g/mol. The molecule has 4 rings (SSSR count). The number of rotatable bonds is 1. The van der Waals surface area contributed by atoms with Gasteiger partial charge in [0.1, 0.15) is 4.36 Å². The largest absolute Gasteiger partial charge is 0.317 e. The van der Waals surface area contributed by atoms with Gasteiger partial charge in [0.25, 0.3) is 0 Å². The summed E-state index contributed by atoms with van der Waals surface area (Å²) in [6.45, 7) is 1.79. The zero-order valence-corrected chi connectivity index (χ0v) is 11.7. The molecule has 4 heteroatoms. The minimum absolute atomic E-state index is 0.829. The van der Waals surface area contributed by atoms with E-state index in [-0.39, 0.29) is 0 Å². The van der Waals surface area contributed by atoms with E-state index < -0.39 is 0 Å². The molecule has 0 atom stereocenters. The first kappa shape index (κ1) is 11.4. The highest BCUT2D eigenvalue weighted by Gasteiger charge is 2.32. The number of thioether (sulfide) groups is 1. The summed E-state index contributed by atoms with van der Waals surface area (Å²) in [7, 11) is 0. The highest BCUT2D eigenvalue weighted by molar-refractivity contribution is 8.18. The van der Waals surface area contributed by atoms with Crippen LogP contribution in [0.5, 0.6) is 0 Å². The van der Waals surface area contributed by atoms with Crippen molar-refractivity contribution in [3.63, 3.8) is 0 Å². The number of nitrogens with zero attached hydrogens (tertiary/aromatic N) is 2. The Bertz CT molecular complexity index is 731. The zero-order valence-electron chi connectivity index (χ0n) is 10.1. The van der Waals surface area contributed by atoms with Crippen molar-refractivity contribution in [3.8, 4) is 0 Å². The molecule has 2 aromatic carbocycles. The van der Waals surface area contributed by atoms with E-state index in [0.29, 0.717) is 0 Å². The summed E-state index contributed by atoms with van der Waals surface area (Å²) < 4.78 is 0.829. The Balaban J connectivity index is 1.96. The Kier molecular flexibility index (Phi) is 2.57. The second-order valence-electron chi connectivity index (χ2n) is 4.57. The molecule has 0 amide bonds. The van der Waals surface area contributed by atoms with Gasteiger partial charge in [0, 0.05) is 12.1 Å². The predicted octanol–water partition coefficient (Wildman–Crippen LogP) is 4.12. The van der Waals surface area contributed by atoms with Crippen LogP contribution in [0.2, 0.25) is 0 Å². The van der Waals surface area contributed by atoms with Crippen molar-refractivity contribution < 1.29 is 0 Å². The van der Waals surface area contributed by atoms with Crippen LogP contribution in [-0.2, 0) is 0 Å². The second kappa shape index (κ2) is 4.29. The number of hydrogen-bond donors (Lipinski definition) is 0. The molecule has 0 unspecified atom stereocenters. The molecule has 0 radical (unpaired) electrons. The molecule has 2 aromatic rings. The van der Waals surface area contributed by atoms with E-state index in [9.17, 15) is 0 Å². The normalized spacial score (nSPS) is 18.2. The molecule has 0 saturated carbocycles. The van der Waals surface area contributed by atoms with Crippen molar-refractivity contribution in [2.75, 3.05) is 13.1 Å². The first-order chi connectivity index (χ1) is 9.34. The highest BCUT2D eigenvalue weighted by atomic mass is 35.5. The van der Waals surface area contributed by atoms with Crippen LogP contribution < -0.4 is 0 Å². The van der Waals surface area contributed by atoms with E-state index in [1.165, 1.54) is 16.3 Å². The van der Waals surface area contributed by atoms with Crippen LogP contribution in [0.15, 0.2) is 51.8 Å². The summed E-state index contributed by atoms with van der Waals surface area (Å²) in [5.41, 5.74) is 2.31. The smallest absolute Gasteiger partial charge is 0.169 e. The van der Waals surface area contributed by atoms with Gasteiger partial charge in [-0.2, -0.15) is 0 Å². The third kappa shape index (κ3) is 1.69. The number of aliphatic imine (C=N–C) groups is 1. The quantitative estimate of drug-likeness (QED) is 0.783. The molecule has 2 nitrogen and oxygen atoms in total. The summed E-state index contributed by atoms with van der Waals surface area (Å²) in [4.78, 5) is 6.71. The lowest BCUT2D eigenvalue weighted by atomic mass is 10.0. The van der Waals surface area contributed by atoms with Crippen LogP contribution in [0, 0.1) is 0 Å². The molecular weight excluding hydrogens is 276 g/mol. The molecule has 2 aliphatic heterocycles. The molecule has 0 bridgehead atoms. The van der Waals surface area contributed by atoms with Crippen molar-refractivity contribution in [1.29, 1.82) is 0 Å². The molecule has 0 spiro atoms. The second-order valence-corrected chi connectivity index (χ2v) is 6.15. The third-order valence-corrected chi connectivity index (χ3v) is 4.80. The molecule has 0 fully saturated rings. The molecule has 0 saturated heterocycles. The summed E-state index contributed by atoms with van der Waals surface area (Å²) in [6.07, 6.45) is 0. The third-order valence-electron chi connectivity index (χ3n) is 3.48. The zero-order chi connectivity index (χ0) is 12.8. The first-order valence-corrected chi connectivity index (χ1v) is 7.42. The Morgan fingerprint density at radius 1 is 1.11 bits per heavy atom. The van der Waals surface area contributed by atoms with Crippen LogP contribution in [0.4, 0.5) is 0 Å². The fourth-order valence-electron chi connectivity index (χ4n) is 2.64. The van der Waals surface area contributed by atoms with Gasteiger partial charge in [-0.15, -0.1) is 0 Å². The van der Waals surface area contributed by atoms with E-state index in [1.54, 1.807) is 11.8 Å². The van der Waals surface area contributed by atoms with Gasteiger partial charge in [-0.3, -0.25) is 4.99 Å². The lowest BCUT2D eigenvalue weighted by molar-refractivity contribution is 0.650. The fourth-order valence-corrected chi connectivity index (χ4v) is 3.98. The summed E-state index contributed by atoms with van der Waals surface area (Å²) >= 11 is 8.00. The molecule has 0 aliphatic carbocycles. The van der Waals surface area contributed by atoms with Crippen LogP contribution in [0.3, 0.4) is 0 Å². The monoisotopic (exact) mass is 286 g/mol. The van der Waals surface area contributed by atoms with Crippen LogP contribution in [0.1, 0.15) is 5.56 Å². The fraction of sp³-hybridized carbons (Fsp3) is 0.133. The standard InChI is InChI=1S/C15H11ClN2S/c16-14-13(18-9-8-17-15(18)19-14)12-7-3-5-10-4-1-2-6-11(10)12/h1-7H,8-9H2. The van der Waals surface area contributed by atoms with Crippen LogP contribution >= 0.6 is 23.4 Å². The molecule has 2 heterocycles. The van der Waals surface area contributed by atoms with Gasteiger partial charge in [-0.25, -0.2) is 0 Å². The maximum atomic E-state index is 6.44. The topological polar surface area (TPSA) is 15.6 Å². The van der Waals surface area contributed by atoms with Gasteiger partial charge in [-0.05, 0) is 22.5 Å². The molecule has 0 N–H and O–H groups in total. The maximum Gasteiger partial charge on any atom is 0.169 e. The van der Waals surface area contributed by atoms with Gasteiger partial charge in [0.15, 0.2) is 5.17 Å². The molecule has 19 heavy (non-hydrogen) atoms. The number of fused-ring (bicyclic) bond motifs is 2. The van der Waals surface area contributed by atoms with Gasteiger partial charge >= 0.3 is 0 Å². The maximum absolute atomic E-state index is 6.44. The van der Waals surface area contributed by atoms with Crippen molar-refractivity contribution in [2.24, 2.45) is 4.99 Å². The van der Waals surface area contributed by atoms with E-state index in [2.05, 4.69) is 52.4 Å². The number of benzene rings is 2. The Morgan fingerprint density at radius 3 is 2.89 bits per heavy atom. The minimum Gasteiger partial charge on any atom is -0.317 e. The summed E-state index contributed by atoms with van der Waals surface area (Å²) in [6, 6.07) is 14.8. The van der Waals surface area contributed by atoms with Gasteiger partial charge in [-0.1, -0.05) is 54.1 Å². The minimum atomic E-state index is 0.829. The number of halogens is 1. The van der Waals surface area contributed by atoms with Crippen LogP contribution in [-0.4, -0.2) is 23.2 Å². The summed E-state index contributed by atoms with van der Waals surface area (Å²) in [5, 5.41) is 3.52. The Morgan fingerprint density at radius 2 is 1.95 bits per heavy atom. The van der Waals surface area contributed by atoms with Crippen molar-refractivity contribution in [3.05, 3.63) is 52.4 Å². The Labute approximate surface area is 120 Å². The van der Waals surface area contributed by atoms with Crippen molar-refractivity contribution in [1.82, 2.24) is 4.90 Å². The van der Waals surface area contributed by atoms with E-state index in [4.69, 9.17) is 11.6 Å². The lowest BCUT2D eigenvalue weighted by Gasteiger charge is -2.18. The molecule has 94 valence electrons. The van der Waals surface area contributed by atoms with Gasteiger partial charge < -0.3 is 4.90 Å². The number of hydrogen-bond acceptors (Lipinski definition) is 3. The van der Waals surface area contributed by atoms with E-state index in [1.807, 2.05) is 0 Å². The molecular formula is C15H11ClN2S. The van der Waals surface area contributed by atoms with Crippen molar-refractivity contribution in [2.45, 2.75) is 0 Å². The van der Waals surface area contributed by atoms with Crippen molar-refractivity contribution >= 4 is 45.0 Å². The van der Waals surface area contributed by atoms with E-state index in [0.717, 1.165) is 28.3 Å². The van der Waals surface area contributed by atoms with Gasteiger partial charge in [0.2, 0.25) is 0 Å². The van der Waals surface area contributed by atoms with Crippen LogP contribution in [0.25, 0.3) is 16.5 Å². The van der Waals surface area contributed by atoms with Gasteiger partial charge in [0.05, 0.1) is 12.2 Å². The average Bonchev–Trinajstić information content (AvgIpc) is 2.98. The molecule has 0 aromatic heterocycles. The van der Waals surface area contributed by atoms with E-state index >= 15 is 0 Å². The predicted molar refractivity (Wildman–Crippen MR) is 83.3 cm³/mol. The SMILES string of the molecule is ClC1=C(c2cccc3ccccc23)N2CCN=C2S1. The first-order valence-electron chi connectivity index (χ1n) is 6.22. The highest BCUT2D eigenvalue weighted by Crippen LogP contribution is 2.44. The molecule has 2 aliphatic rings. The number of amidine groups is 1. The lowest BCUT2D eigenvalue weighted by Crippen LogP contribution is -2.20.